The second-order valence-corrected chi connectivity index (χ2v) is 12.6. The maximum absolute atomic E-state index is 13.4. The molecule has 0 aromatic heterocycles. The van der Waals surface area contributed by atoms with E-state index in [1.165, 1.54) is 36.4 Å². The molecule has 12 heteroatoms. The summed E-state index contributed by atoms with van der Waals surface area (Å²) in [7, 11) is 0. The number of ketones is 2. The molecule has 2 aromatic rings. The SMILES string of the molecule is NCC1CCC(C(=O)NCC(=O)Nc2ccc3c(c2)C(=O)c2ccc(NC(=O)CNC(=O)C4CCC(CN)CC4)cc2C3=O)CC1. The topological polar surface area (TPSA) is 203 Å². The van der Waals surface area contributed by atoms with Gasteiger partial charge < -0.3 is 32.7 Å². The van der Waals surface area contributed by atoms with Crippen LogP contribution in [0.1, 0.15) is 83.2 Å². The molecule has 244 valence electrons. The van der Waals surface area contributed by atoms with Crippen molar-refractivity contribution in [2.75, 3.05) is 36.8 Å². The zero-order valence-electron chi connectivity index (χ0n) is 25.9. The molecule has 2 fully saturated rings. The van der Waals surface area contributed by atoms with Gasteiger partial charge in [0.1, 0.15) is 0 Å². The number of carbonyl (C=O) groups excluding carboxylic acids is 6. The van der Waals surface area contributed by atoms with Gasteiger partial charge in [-0.05, 0) is 113 Å². The zero-order chi connectivity index (χ0) is 32.8. The lowest BCUT2D eigenvalue weighted by Crippen LogP contribution is -2.38. The predicted molar refractivity (Wildman–Crippen MR) is 172 cm³/mol. The zero-order valence-corrected chi connectivity index (χ0v) is 25.9. The number of nitrogens with two attached hydrogens (primary N) is 2. The van der Waals surface area contributed by atoms with Crippen molar-refractivity contribution in [2.45, 2.75) is 51.4 Å². The van der Waals surface area contributed by atoms with Gasteiger partial charge in [0.05, 0.1) is 13.1 Å². The van der Waals surface area contributed by atoms with Gasteiger partial charge >= 0.3 is 0 Å². The van der Waals surface area contributed by atoms with Gasteiger partial charge in [-0.1, -0.05) is 0 Å². The van der Waals surface area contributed by atoms with Crippen molar-refractivity contribution in [2.24, 2.45) is 35.1 Å². The third kappa shape index (κ3) is 7.68. The molecule has 0 spiro atoms. The second kappa shape index (κ2) is 14.8. The first-order valence-electron chi connectivity index (χ1n) is 16.1. The first kappa shape index (κ1) is 33.0. The fourth-order valence-electron chi connectivity index (χ4n) is 6.66. The Labute approximate surface area is 267 Å². The number of fused-ring (bicyclic) bond motifs is 2. The van der Waals surface area contributed by atoms with Crippen LogP contribution in [-0.4, -0.2) is 61.4 Å². The summed E-state index contributed by atoms with van der Waals surface area (Å²) in [6, 6.07) is 8.91. The maximum atomic E-state index is 13.4. The summed E-state index contributed by atoms with van der Waals surface area (Å²) in [4.78, 5) is 76.9. The number of benzene rings is 2. The Hall–Kier alpha value is -4.42. The Morgan fingerprint density at radius 1 is 0.565 bits per heavy atom. The number of amides is 4. The van der Waals surface area contributed by atoms with Gasteiger partial charge in [0.2, 0.25) is 23.6 Å². The molecule has 46 heavy (non-hydrogen) atoms. The van der Waals surface area contributed by atoms with E-state index in [0.717, 1.165) is 51.4 Å². The van der Waals surface area contributed by atoms with Gasteiger partial charge in [0.25, 0.3) is 0 Å². The van der Waals surface area contributed by atoms with Crippen LogP contribution in [0, 0.1) is 23.7 Å². The number of nitrogens with one attached hydrogen (secondary N) is 4. The van der Waals surface area contributed by atoms with E-state index < -0.39 is 23.4 Å². The number of rotatable bonds is 10. The van der Waals surface area contributed by atoms with Gasteiger partial charge in [0, 0.05) is 45.5 Å². The lowest BCUT2D eigenvalue weighted by Gasteiger charge is -2.26. The molecule has 0 heterocycles. The van der Waals surface area contributed by atoms with Crippen LogP contribution in [-0.2, 0) is 19.2 Å². The molecule has 12 nitrogen and oxygen atoms in total. The van der Waals surface area contributed by atoms with Crippen molar-refractivity contribution in [3.05, 3.63) is 58.7 Å². The lowest BCUT2D eigenvalue weighted by molar-refractivity contribution is -0.128. The van der Waals surface area contributed by atoms with E-state index >= 15 is 0 Å². The first-order valence-corrected chi connectivity index (χ1v) is 16.1. The normalized spacial score (nSPS) is 22.2. The van der Waals surface area contributed by atoms with Crippen molar-refractivity contribution in [1.29, 1.82) is 0 Å². The minimum atomic E-state index is -0.450. The van der Waals surface area contributed by atoms with Crippen LogP contribution in [0.25, 0.3) is 0 Å². The van der Waals surface area contributed by atoms with E-state index in [1.807, 2.05) is 0 Å². The number of hydrogen-bond acceptors (Lipinski definition) is 8. The molecule has 2 aromatic carbocycles. The van der Waals surface area contributed by atoms with Crippen molar-refractivity contribution in [3.63, 3.8) is 0 Å². The van der Waals surface area contributed by atoms with E-state index in [2.05, 4.69) is 21.3 Å². The van der Waals surface area contributed by atoms with E-state index in [-0.39, 0.29) is 59.0 Å². The number of anilines is 2. The molecule has 3 aliphatic rings. The molecule has 0 saturated heterocycles. The predicted octanol–water partition coefficient (Wildman–Crippen LogP) is 2.10. The number of carbonyl (C=O) groups is 6. The lowest BCUT2D eigenvalue weighted by atomic mass is 9.81. The summed E-state index contributed by atoms with van der Waals surface area (Å²) in [5, 5.41) is 10.7. The standard InChI is InChI=1S/C34H42N6O6/c35-15-19-1-5-21(6-2-19)33(45)37-17-29(41)39-23-9-11-25-27(13-23)31(43)26-12-10-24(14-28(26)32(25)44)40-30(42)18-38-34(46)22-7-3-20(16-36)4-8-22/h9-14,19-22H,1-8,15-18,35-36H2,(H,37,45)(H,38,46)(H,39,41)(H,40,42). The Bertz CT molecular complexity index is 1410. The monoisotopic (exact) mass is 630 g/mol. The van der Waals surface area contributed by atoms with E-state index in [4.69, 9.17) is 11.5 Å². The van der Waals surface area contributed by atoms with Crippen LogP contribution < -0.4 is 32.7 Å². The Morgan fingerprint density at radius 3 is 1.28 bits per heavy atom. The molecule has 0 atom stereocenters. The van der Waals surface area contributed by atoms with Crippen molar-refractivity contribution in [3.8, 4) is 0 Å². The quantitative estimate of drug-likeness (QED) is 0.195. The summed E-state index contributed by atoms with van der Waals surface area (Å²) >= 11 is 0. The van der Waals surface area contributed by atoms with Crippen molar-refractivity contribution < 1.29 is 28.8 Å². The molecule has 3 aliphatic carbocycles. The summed E-state index contributed by atoms with van der Waals surface area (Å²) in [6.07, 6.45) is 6.61. The van der Waals surface area contributed by atoms with Gasteiger partial charge in [0.15, 0.2) is 11.6 Å². The fraction of sp³-hybridized carbons (Fsp3) is 0.471. The summed E-state index contributed by atoms with van der Waals surface area (Å²) in [5.41, 5.74) is 12.7. The van der Waals surface area contributed by atoms with Crippen LogP contribution in [0.3, 0.4) is 0 Å². The van der Waals surface area contributed by atoms with Crippen LogP contribution in [0.15, 0.2) is 36.4 Å². The molecular weight excluding hydrogens is 588 g/mol. The summed E-state index contributed by atoms with van der Waals surface area (Å²) < 4.78 is 0. The molecule has 0 bridgehead atoms. The fourth-order valence-corrected chi connectivity index (χ4v) is 6.66. The Kier molecular flexibility index (Phi) is 10.6. The molecule has 0 unspecified atom stereocenters. The Balaban J connectivity index is 1.14. The highest BCUT2D eigenvalue weighted by Gasteiger charge is 2.31. The summed E-state index contributed by atoms with van der Waals surface area (Å²) in [5.74, 6) is -1.36. The van der Waals surface area contributed by atoms with E-state index in [1.54, 1.807) is 0 Å². The third-order valence-electron chi connectivity index (χ3n) is 9.53. The highest BCUT2D eigenvalue weighted by Crippen LogP contribution is 2.32. The highest BCUT2D eigenvalue weighted by molar-refractivity contribution is 6.29. The molecule has 2 saturated carbocycles. The molecule has 0 aliphatic heterocycles. The number of hydrogen-bond donors (Lipinski definition) is 6. The molecule has 5 rings (SSSR count). The van der Waals surface area contributed by atoms with Gasteiger partial charge in [-0.25, -0.2) is 0 Å². The average molecular weight is 631 g/mol. The summed E-state index contributed by atoms with van der Waals surface area (Å²) in [6.45, 7) is 0.818. The second-order valence-electron chi connectivity index (χ2n) is 12.6. The highest BCUT2D eigenvalue weighted by atomic mass is 16.2. The molecule has 0 radical (unpaired) electrons. The van der Waals surface area contributed by atoms with Crippen LogP contribution in [0.2, 0.25) is 0 Å². The maximum Gasteiger partial charge on any atom is 0.243 e. The first-order chi connectivity index (χ1) is 22.2. The Morgan fingerprint density at radius 2 is 0.935 bits per heavy atom. The molecular formula is C34H42N6O6. The smallest absolute Gasteiger partial charge is 0.243 e. The van der Waals surface area contributed by atoms with Gasteiger partial charge in [-0.2, -0.15) is 0 Å². The largest absolute Gasteiger partial charge is 0.347 e. The average Bonchev–Trinajstić information content (AvgIpc) is 3.08. The third-order valence-corrected chi connectivity index (χ3v) is 9.53. The minimum Gasteiger partial charge on any atom is -0.347 e. The van der Waals surface area contributed by atoms with E-state index in [9.17, 15) is 28.8 Å². The van der Waals surface area contributed by atoms with Crippen molar-refractivity contribution >= 4 is 46.6 Å². The van der Waals surface area contributed by atoms with Crippen LogP contribution >= 0.6 is 0 Å². The molecule has 4 amide bonds. The van der Waals surface area contributed by atoms with Gasteiger partial charge in [-0.15, -0.1) is 0 Å². The van der Waals surface area contributed by atoms with Crippen LogP contribution in [0.4, 0.5) is 11.4 Å². The van der Waals surface area contributed by atoms with Gasteiger partial charge in [-0.3, -0.25) is 28.8 Å². The van der Waals surface area contributed by atoms with Crippen molar-refractivity contribution in [1.82, 2.24) is 10.6 Å². The minimum absolute atomic E-state index is 0.130. The van der Waals surface area contributed by atoms with E-state index in [0.29, 0.717) is 36.3 Å². The van der Waals surface area contributed by atoms with Crippen LogP contribution in [0.5, 0.6) is 0 Å². The molecule has 8 N–H and O–H groups in total.